The first-order chi connectivity index (χ1) is 8.65. The Morgan fingerprint density at radius 1 is 1.67 bits per heavy atom. The molecule has 1 rings (SSSR count). The molecule has 18 heavy (non-hydrogen) atoms. The van der Waals surface area contributed by atoms with E-state index in [4.69, 9.17) is 4.74 Å². The summed E-state index contributed by atoms with van der Waals surface area (Å²) in [5, 5.41) is 0. The van der Waals surface area contributed by atoms with Gasteiger partial charge in [0.15, 0.2) is 0 Å². The molecule has 0 bridgehead atoms. The van der Waals surface area contributed by atoms with Crippen molar-refractivity contribution in [1.29, 1.82) is 0 Å². The van der Waals surface area contributed by atoms with E-state index in [0.717, 1.165) is 25.7 Å². The van der Waals surface area contributed by atoms with E-state index in [0.29, 0.717) is 13.0 Å². The highest BCUT2D eigenvalue weighted by molar-refractivity contribution is 5.87. The van der Waals surface area contributed by atoms with Gasteiger partial charge in [0.1, 0.15) is 6.04 Å². The highest BCUT2D eigenvalue weighted by atomic mass is 16.5. The predicted molar refractivity (Wildman–Crippen MR) is 70.0 cm³/mol. The first-order valence-corrected chi connectivity index (χ1v) is 6.64. The van der Waals surface area contributed by atoms with Crippen LogP contribution in [0.4, 0.5) is 0 Å². The van der Waals surface area contributed by atoms with Gasteiger partial charge in [-0.05, 0) is 19.3 Å². The van der Waals surface area contributed by atoms with E-state index in [2.05, 4.69) is 13.5 Å². The molecule has 0 aliphatic carbocycles. The van der Waals surface area contributed by atoms with Crippen molar-refractivity contribution in [2.45, 2.75) is 45.1 Å². The molecular formula is C14H23NO3. The molecule has 0 aromatic carbocycles. The third-order valence-corrected chi connectivity index (χ3v) is 3.50. The molecule has 0 aromatic heterocycles. The summed E-state index contributed by atoms with van der Waals surface area (Å²) in [6.45, 7) is 6.41. The molecule has 0 N–H and O–H groups in total. The fourth-order valence-corrected chi connectivity index (χ4v) is 2.44. The number of ether oxygens (including phenoxy) is 1. The lowest BCUT2D eigenvalue weighted by Crippen LogP contribution is -2.43. The Kier molecular flexibility index (Phi) is 5.89. The van der Waals surface area contributed by atoms with Crippen LogP contribution < -0.4 is 0 Å². The molecule has 2 unspecified atom stereocenters. The Morgan fingerprint density at radius 2 is 2.39 bits per heavy atom. The molecule has 0 saturated carbocycles. The van der Waals surface area contributed by atoms with Gasteiger partial charge in [0.2, 0.25) is 5.91 Å². The summed E-state index contributed by atoms with van der Waals surface area (Å²) in [5.74, 6) is -0.165. The molecule has 1 aliphatic rings. The lowest BCUT2D eigenvalue weighted by Gasteiger charge is -2.25. The molecule has 1 amide bonds. The molecule has 1 saturated heterocycles. The Hall–Kier alpha value is -1.32. The van der Waals surface area contributed by atoms with Crippen LogP contribution in [-0.4, -0.2) is 36.5 Å². The maximum Gasteiger partial charge on any atom is 0.328 e. The molecule has 4 heteroatoms. The van der Waals surface area contributed by atoms with Gasteiger partial charge in [0.25, 0.3) is 0 Å². The van der Waals surface area contributed by atoms with E-state index in [1.807, 2.05) is 0 Å². The summed E-state index contributed by atoms with van der Waals surface area (Å²) in [6.07, 6.45) is 6.05. The maximum absolute atomic E-state index is 12.2. The highest BCUT2D eigenvalue weighted by Crippen LogP contribution is 2.26. The Labute approximate surface area is 109 Å². The zero-order valence-corrected chi connectivity index (χ0v) is 11.4. The molecule has 0 radical (unpaired) electrons. The van der Waals surface area contributed by atoms with Gasteiger partial charge in [-0.3, -0.25) is 4.79 Å². The van der Waals surface area contributed by atoms with E-state index < -0.39 is 6.04 Å². The first kappa shape index (κ1) is 14.7. The van der Waals surface area contributed by atoms with Gasteiger partial charge in [-0.1, -0.05) is 25.8 Å². The van der Waals surface area contributed by atoms with Crippen LogP contribution >= 0.6 is 0 Å². The summed E-state index contributed by atoms with van der Waals surface area (Å²) >= 11 is 0. The summed E-state index contributed by atoms with van der Waals surface area (Å²) in [6, 6.07) is -0.494. The molecule has 4 nitrogen and oxygen atoms in total. The number of unbranched alkanes of at least 4 members (excludes halogenated alkanes) is 1. The van der Waals surface area contributed by atoms with E-state index in [1.165, 1.54) is 7.11 Å². The Bertz CT molecular complexity index is 314. The van der Waals surface area contributed by atoms with Crippen molar-refractivity contribution in [2.75, 3.05) is 13.7 Å². The fourth-order valence-electron chi connectivity index (χ4n) is 2.44. The zero-order chi connectivity index (χ0) is 13.5. The van der Waals surface area contributed by atoms with Gasteiger partial charge in [-0.2, -0.15) is 0 Å². The first-order valence-electron chi connectivity index (χ1n) is 6.64. The monoisotopic (exact) mass is 253 g/mol. The molecule has 102 valence electrons. The topological polar surface area (TPSA) is 46.6 Å². The molecule has 1 aliphatic heterocycles. The van der Waals surface area contributed by atoms with Crippen molar-refractivity contribution in [3.63, 3.8) is 0 Å². The second kappa shape index (κ2) is 7.19. The van der Waals surface area contributed by atoms with Crippen molar-refractivity contribution in [3.8, 4) is 0 Å². The number of amides is 1. The summed E-state index contributed by atoms with van der Waals surface area (Å²) in [7, 11) is 1.35. The minimum atomic E-state index is -0.494. The lowest BCUT2D eigenvalue weighted by molar-refractivity contribution is -0.151. The largest absolute Gasteiger partial charge is 0.467 e. The fraction of sp³-hybridized carbons (Fsp3) is 0.714. The minimum absolute atomic E-state index is 0.0851. The van der Waals surface area contributed by atoms with Gasteiger partial charge in [-0.25, -0.2) is 4.79 Å². The van der Waals surface area contributed by atoms with Crippen LogP contribution in [0.1, 0.15) is 39.0 Å². The van der Waals surface area contributed by atoms with Gasteiger partial charge >= 0.3 is 5.97 Å². The van der Waals surface area contributed by atoms with Crippen LogP contribution in [0.25, 0.3) is 0 Å². The van der Waals surface area contributed by atoms with Crippen molar-refractivity contribution < 1.29 is 14.3 Å². The maximum atomic E-state index is 12.2. The predicted octanol–water partition coefficient (Wildman–Crippen LogP) is 2.14. The highest BCUT2D eigenvalue weighted by Gasteiger charge is 2.38. The average Bonchev–Trinajstić information content (AvgIpc) is 2.74. The van der Waals surface area contributed by atoms with Crippen molar-refractivity contribution >= 4 is 11.9 Å². The average molecular weight is 253 g/mol. The zero-order valence-electron chi connectivity index (χ0n) is 11.4. The molecule has 2 atom stereocenters. The van der Waals surface area contributed by atoms with Crippen LogP contribution in [0.2, 0.25) is 0 Å². The van der Waals surface area contributed by atoms with E-state index in [1.54, 1.807) is 11.0 Å². The number of hydrogen-bond acceptors (Lipinski definition) is 3. The molecular weight excluding hydrogens is 230 g/mol. The number of methoxy groups -OCH3 is 1. The third kappa shape index (κ3) is 3.34. The van der Waals surface area contributed by atoms with Crippen LogP contribution in [0, 0.1) is 5.92 Å². The molecule has 0 aromatic rings. The summed E-state index contributed by atoms with van der Waals surface area (Å²) in [5.41, 5.74) is 0. The quantitative estimate of drug-likeness (QED) is 0.516. The number of esters is 1. The van der Waals surface area contributed by atoms with Gasteiger partial charge in [0, 0.05) is 12.5 Å². The van der Waals surface area contributed by atoms with E-state index in [-0.39, 0.29) is 17.8 Å². The number of likely N-dealkylation sites (tertiary alicyclic amines) is 1. The van der Waals surface area contributed by atoms with Crippen molar-refractivity contribution in [1.82, 2.24) is 4.90 Å². The lowest BCUT2D eigenvalue weighted by atomic mass is 10.0. The van der Waals surface area contributed by atoms with Crippen molar-refractivity contribution in [2.24, 2.45) is 5.92 Å². The van der Waals surface area contributed by atoms with Gasteiger partial charge in [0.05, 0.1) is 7.11 Å². The normalized spacial score (nSPS) is 20.9. The SMILES string of the molecule is C=CCC(C(=O)OC)N1CCC(CCCC)C1=O. The molecule has 1 heterocycles. The van der Waals surface area contributed by atoms with Gasteiger partial charge < -0.3 is 9.64 Å². The summed E-state index contributed by atoms with van der Waals surface area (Å²) in [4.78, 5) is 25.6. The van der Waals surface area contributed by atoms with Crippen molar-refractivity contribution in [3.05, 3.63) is 12.7 Å². The number of carbonyl (C=O) groups is 2. The number of hydrogen-bond donors (Lipinski definition) is 0. The van der Waals surface area contributed by atoms with Crippen LogP contribution in [0.5, 0.6) is 0 Å². The van der Waals surface area contributed by atoms with E-state index >= 15 is 0 Å². The van der Waals surface area contributed by atoms with Gasteiger partial charge in [-0.15, -0.1) is 6.58 Å². The second-order valence-electron chi connectivity index (χ2n) is 4.72. The Morgan fingerprint density at radius 3 is 2.94 bits per heavy atom. The number of carbonyl (C=O) groups excluding carboxylic acids is 2. The third-order valence-electron chi connectivity index (χ3n) is 3.50. The number of rotatable bonds is 7. The second-order valence-corrected chi connectivity index (χ2v) is 4.72. The number of nitrogens with zero attached hydrogens (tertiary/aromatic N) is 1. The molecule has 0 spiro atoms. The van der Waals surface area contributed by atoms with Crippen LogP contribution in [-0.2, 0) is 14.3 Å². The van der Waals surface area contributed by atoms with Crippen LogP contribution in [0.15, 0.2) is 12.7 Å². The molecule has 1 fully saturated rings. The van der Waals surface area contributed by atoms with E-state index in [9.17, 15) is 9.59 Å². The smallest absolute Gasteiger partial charge is 0.328 e. The van der Waals surface area contributed by atoms with Crippen LogP contribution in [0.3, 0.4) is 0 Å². The Balaban J connectivity index is 2.67. The minimum Gasteiger partial charge on any atom is -0.467 e. The standard InChI is InChI=1S/C14H23NO3/c1-4-6-8-11-9-10-15(13(11)16)12(7-5-2)14(17)18-3/h5,11-12H,2,4,6-10H2,1,3H3. The summed E-state index contributed by atoms with van der Waals surface area (Å²) < 4.78 is 4.76.